The van der Waals surface area contributed by atoms with Crippen molar-refractivity contribution in [2.45, 2.75) is 38.1 Å². The van der Waals surface area contributed by atoms with E-state index < -0.39 is 15.8 Å². The van der Waals surface area contributed by atoms with Crippen molar-refractivity contribution in [1.82, 2.24) is 4.57 Å². The van der Waals surface area contributed by atoms with E-state index in [2.05, 4.69) is 0 Å². The molecular weight excluding hydrogens is 362 g/mol. The number of carboxylic acids is 1. The highest BCUT2D eigenvalue weighted by atomic mass is 32.2. The fourth-order valence-corrected chi connectivity index (χ4v) is 5.57. The van der Waals surface area contributed by atoms with Crippen LogP contribution in [0.3, 0.4) is 0 Å². The largest absolute Gasteiger partial charge is 0.480 e. The maximum atomic E-state index is 12.0. The predicted molar refractivity (Wildman–Crippen MR) is 104 cm³/mol. The highest BCUT2D eigenvalue weighted by Crippen LogP contribution is 2.31. The van der Waals surface area contributed by atoms with Gasteiger partial charge in [0, 0.05) is 16.6 Å². The first-order chi connectivity index (χ1) is 12.8. The van der Waals surface area contributed by atoms with Crippen molar-refractivity contribution in [3.63, 3.8) is 0 Å². The van der Waals surface area contributed by atoms with Gasteiger partial charge in [0.1, 0.15) is 6.54 Å². The highest BCUT2D eigenvalue weighted by molar-refractivity contribution is 7.91. The molecule has 0 spiro atoms. The fourth-order valence-electron chi connectivity index (χ4n) is 4.02. The number of hydrogen-bond acceptors (Lipinski definition) is 3. The Kier molecular flexibility index (Phi) is 4.11. The zero-order valence-electron chi connectivity index (χ0n) is 15.3. The van der Waals surface area contributed by atoms with Crippen LogP contribution >= 0.6 is 0 Å². The zero-order valence-corrected chi connectivity index (χ0v) is 16.1. The number of nitrogens with zero attached hydrogens (tertiary/aromatic N) is 1. The smallest absolute Gasteiger partial charge is 0.323 e. The summed E-state index contributed by atoms with van der Waals surface area (Å²) in [7, 11) is -3.12. The van der Waals surface area contributed by atoms with E-state index in [9.17, 15) is 18.3 Å². The molecule has 3 aromatic rings. The molecule has 0 atom stereocenters. The molecule has 0 amide bonds. The minimum atomic E-state index is -3.12. The Morgan fingerprint density at radius 2 is 1.93 bits per heavy atom. The Balaban J connectivity index is 1.81. The third-order valence-electron chi connectivity index (χ3n) is 5.39. The molecule has 4 rings (SSSR count). The van der Waals surface area contributed by atoms with E-state index in [1.165, 1.54) is 0 Å². The lowest BCUT2D eigenvalue weighted by molar-refractivity contribution is -0.137. The van der Waals surface area contributed by atoms with E-state index in [1.807, 2.05) is 48.7 Å². The number of aryl methyl sites for hydroxylation is 2. The van der Waals surface area contributed by atoms with Gasteiger partial charge in [-0.3, -0.25) is 4.79 Å². The lowest BCUT2D eigenvalue weighted by Crippen LogP contribution is -2.10. The standard InChI is InChI=1S/C21H21NO4S/c1-13-3-5-17-18(14(2)22(12-21(23)24)19(17)9-13)11-15-4-6-20-16(10-15)7-8-27(20,25)26/h3-6,9-10H,7-8,11-12H2,1-2H3,(H,23,24). The van der Waals surface area contributed by atoms with Crippen LogP contribution in [0.5, 0.6) is 0 Å². The molecule has 0 aliphatic carbocycles. The van der Waals surface area contributed by atoms with Gasteiger partial charge < -0.3 is 9.67 Å². The molecule has 0 saturated carbocycles. The quantitative estimate of drug-likeness (QED) is 0.750. The van der Waals surface area contributed by atoms with Gasteiger partial charge in [0.15, 0.2) is 9.84 Å². The number of sulfone groups is 1. The maximum absolute atomic E-state index is 12.0. The van der Waals surface area contributed by atoms with E-state index in [1.54, 1.807) is 6.07 Å². The Morgan fingerprint density at radius 3 is 2.67 bits per heavy atom. The van der Waals surface area contributed by atoms with E-state index in [0.29, 0.717) is 17.7 Å². The molecule has 140 valence electrons. The number of fused-ring (bicyclic) bond motifs is 2. The third kappa shape index (κ3) is 3.04. The first-order valence-corrected chi connectivity index (χ1v) is 10.6. The summed E-state index contributed by atoms with van der Waals surface area (Å²) in [5.74, 6) is -0.687. The number of benzene rings is 2. The second-order valence-electron chi connectivity index (χ2n) is 7.25. The van der Waals surface area contributed by atoms with Crippen LogP contribution in [0.25, 0.3) is 10.9 Å². The molecule has 1 aliphatic heterocycles. The van der Waals surface area contributed by atoms with Crippen molar-refractivity contribution >= 4 is 26.7 Å². The van der Waals surface area contributed by atoms with Crippen LogP contribution in [0, 0.1) is 13.8 Å². The van der Waals surface area contributed by atoms with Crippen LogP contribution < -0.4 is 0 Å². The number of carbonyl (C=O) groups is 1. The third-order valence-corrected chi connectivity index (χ3v) is 7.20. The first-order valence-electron chi connectivity index (χ1n) is 8.91. The average Bonchev–Trinajstić information content (AvgIpc) is 3.03. The van der Waals surface area contributed by atoms with Crippen LogP contribution in [0.4, 0.5) is 0 Å². The van der Waals surface area contributed by atoms with Crippen molar-refractivity contribution < 1.29 is 18.3 Å². The van der Waals surface area contributed by atoms with Gasteiger partial charge in [0.25, 0.3) is 0 Å². The van der Waals surface area contributed by atoms with Crippen molar-refractivity contribution in [3.05, 3.63) is 64.3 Å². The lowest BCUT2D eigenvalue weighted by atomic mass is 9.99. The van der Waals surface area contributed by atoms with Crippen molar-refractivity contribution in [2.75, 3.05) is 5.75 Å². The summed E-state index contributed by atoms with van der Waals surface area (Å²) in [6.45, 7) is 3.87. The van der Waals surface area contributed by atoms with Crippen molar-refractivity contribution in [1.29, 1.82) is 0 Å². The van der Waals surface area contributed by atoms with Gasteiger partial charge in [-0.15, -0.1) is 0 Å². The molecule has 1 aliphatic rings. The number of aromatic nitrogens is 1. The molecule has 2 aromatic carbocycles. The molecule has 1 N–H and O–H groups in total. The van der Waals surface area contributed by atoms with Gasteiger partial charge in [-0.1, -0.05) is 24.3 Å². The summed E-state index contributed by atoms with van der Waals surface area (Å²) in [6, 6.07) is 11.7. The van der Waals surface area contributed by atoms with Crippen LogP contribution in [0.15, 0.2) is 41.3 Å². The monoisotopic (exact) mass is 383 g/mol. The average molecular weight is 383 g/mol. The molecule has 0 saturated heterocycles. The van der Waals surface area contributed by atoms with Crippen molar-refractivity contribution in [2.24, 2.45) is 0 Å². The van der Waals surface area contributed by atoms with Gasteiger partial charge in [-0.25, -0.2) is 8.42 Å². The molecule has 0 fully saturated rings. The topological polar surface area (TPSA) is 76.4 Å². The van der Waals surface area contributed by atoms with E-state index in [0.717, 1.165) is 38.9 Å². The van der Waals surface area contributed by atoms with Gasteiger partial charge in [-0.05, 0) is 61.1 Å². The summed E-state index contributed by atoms with van der Waals surface area (Å²) < 4.78 is 25.9. The molecule has 2 heterocycles. The maximum Gasteiger partial charge on any atom is 0.323 e. The van der Waals surface area contributed by atoms with Crippen LogP contribution in [-0.4, -0.2) is 29.8 Å². The Bertz CT molecular complexity index is 1190. The zero-order chi connectivity index (χ0) is 19.3. The number of rotatable bonds is 4. The number of aliphatic carboxylic acids is 1. The van der Waals surface area contributed by atoms with Crippen LogP contribution in [0.1, 0.15) is 27.9 Å². The molecule has 0 unspecified atom stereocenters. The number of carboxylic acid groups (broad SMARTS) is 1. The highest BCUT2D eigenvalue weighted by Gasteiger charge is 2.26. The summed E-state index contributed by atoms with van der Waals surface area (Å²) >= 11 is 0. The summed E-state index contributed by atoms with van der Waals surface area (Å²) in [6.07, 6.45) is 1.20. The van der Waals surface area contributed by atoms with Gasteiger partial charge in [-0.2, -0.15) is 0 Å². The normalized spacial score (nSPS) is 15.2. The van der Waals surface area contributed by atoms with Gasteiger partial charge in [0.2, 0.25) is 0 Å². The van der Waals surface area contributed by atoms with Crippen LogP contribution in [0.2, 0.25) is 0 Å². The number of hydrogen-bond donors (Lipinski definition) is 1. The Labute approximate surface area is 158 Å². The molecule has 6 heteroatoms. The summed E-state index contributed by atoms with van der Waals surface area (Å²) in [4.78, 5) is 11.8. The van der Waals surface area contributed by atoms with E-state index in [4.69, 9.17) is 0 Å². The second kappa shape index (κ2) is 6.23. The SMILES string of the molecule is Cc1ccc2c(Cc3ccc4c(c3)CCS4(=O)=O)c(C)n(CC(=O)O)c2c1. The summed E-state index contributed by atoms with van der Waals surface area (Å²) in [5.41, 5.74) is 5.96. The Hall–Kier alpha value is -2.60. The molecule has 27 heavy (non-hydrogen) atoms. The molecular formula is C21H21NO4S. The van der Waals surface area contributed by atoms with Gasteiger partial charge >= 0.3 is 5.97 Å². The van der Waals surface area contributed by atoms with Crippen molar-refractivity contribution in [3.8, 4) is 0 Å². The lowest BCUT2D eigenvalue weighted by Gasteiger charge is -2.07. The first kappa shape index (κ1) is 17.8. The van der Waals surface area contributed by atoms with Gasteiger partial charge in [0.05, 0.1) is 10.6 Å². The van der Waals surface area contributed by atoms with E-state index in [-0.39, 0.29) is 12.3 Å². The Morgan fingerprint density at radius 1 is 1.15 bits per heavy atom. The fraction of sp³-hybridized carbons (Fsp3) is 0.286. The van der Waals surface area contributed by atoms with Crippen LogP contribution in [-0.2, 0) is 34.0 Å². The van der Waals surface area contributed by atoms with E-state index >= 15 is 0 Å². The predicted octanol–water partition coefficient (Wildman–Crippen LogP) is 3.26. The molecule has 5 nitrogen and oxygen atoms in total. The molecule has 1 aromatic heterocycles. The summed E-state index contributed by atoms with van der Waals surface area (Å²) in [5, 5.41) is 10.3. The second-order valence-corrected chi connectivity index (χ2v) is 9.33. The minimum absolute atomic E-state index is 0.0752. The molecule has 0 radical (unpaired) electrons. The minimum Gasteiger partial charge on any atom is -0.480 e. The molecule has 0 bridgehead atoms.